The maximum atomic E-state index is 12.5. The normalized spacial score (nSPS) is 17.9. The molecule has 6 heteroatoms. The highest BCUT2D eigenvalue weighted by Crippen LogP contribution is 2.31. The van der Waals surface area contributed by atoms with E-state index in [1.165, 1.54) is 6.20 Å². The Kier molecular flexibility index (Phi) is 3.17. The van der Waals surface area contributed by atoms with Gasteiger partial charge in [0.15, 0.2) is 0 Å². The fourth-order valence-corrected chi connectivity index (χ4v) is 2.54. The summed E-state index contributed by atoms with van der Waals surface area (Å²) < 4.78 is 0. The van der Waals surface area contributed by atoms with Crippen LogP contribution in [0.4, 0.5) is 0 Å². The van der Waals surface area contributed by atoms with Gasteiger partial charge in [0.1, 0.15) is 11.8 Å². The number of aromatic nitrogens is 3. The number of H-pyrrole nitrogens is 1. The van der Waals surface area contributed by atoms with Gasteiger partial charge in [-0.25, -0.2) is 4.98 Å². The van der Waals surface area contributed by atoms with E-state index in [0.29, 0.717) is 11.3 Å². The predicted molar refractivity (Wildman–Crippen MR) is 70.6 cm³/mol. The molecule has 3 rings (SSSR count). The summed E-state index contributed by atoms with van der Waals surface area (Å²) in [6, 6.07) is 7.10. The lowest BCUT2D eigenvalue weighted by molar-refractivity contribution is 0.0732. The van der Waals surface area contributed by atoms with Crippen LogP contribution in [0.15, 0.2) is 30.6 Å². The third-order valence-corrected chi connectivity index (χ3v) is 3.52. The van der Waals surface area contributed by atoms with Gasteiger partial charge in [-0.3, -0.25) is 9.89 Å². The van der Waals surface area contributed by atoms with Crippen molar-refractivity contribution >= 4 is 5.91 Å². The zero-order chi connectivity index (χ0) is 13.9. The monoisotopic (exact) mass is 267 g/mol. The minimum Gasteiger partial charge on any atom is -0.330 e. The average molecular weight is 267 g/mol. The van der Waals surface area contributed by atoms with Crippen LogP contribution in [0.25, 0.3) is 0 Å². The van der Waals surface area contributed by atoms with Gasteiger partial charge in [-0.1, -0.05) is 0 Å². The molecule has 20 heavy (non-hydrogen) atoms. The van der Waals surface area contributed by atoms with E-state index in [1.54, 1.807) is 18.3 Å². The number of nitriles is 1. The van der Waals surface area contributed by atoms with Crippen molar-refractivity contribution in [2.75, 3.05) is 6.54 Å². The predicted octanol–water partition coefficient (Wildman–Crippen LogP) is 1.65. The van der Waals surface area contributed by atoms with Crippen LogP contribution in [-0.2, 0) is 0 Å². The number of hydrogen-bond acceptors (Lipinski definition) is 4. The maximum Gasteiger partial charge on any atom is 0.255 e. The fraction of sp³-hybridized carbons (Fsp3) is 0.286. The van der Waals surface area contributed by atoms with Gasteiger partial charge in [0.05, 0.1) is 17.3 Å². The average Bonchev–Trinajstić information content (AvgIpc) is 3.16. The zero-order valence-corrected chi connectivity index (χ0v) is 10.8. The summed E-state index contributed by atoms with van der Waals surface area (Å²) in [5.74, 6) is -0.0564. The Morgan fingerprint density at radius 1 is 1.45 bits per heavy atom. The summed E-state index contributed by atoms with van der Waals surface area (Å²) in [6.45, 7) is 0.725. The van der Waals surface area contributed by atoms with E-state index in [0.717, 1.165) is 25.1 Å². The topological polar surface area (TPSA) is 85.7 Å². The Morgan fingerprint density at radius 3 is 3.00 bits per heavy atom. The standard InChI is InChI=1S/C14H13N5O/c15-8-11-4-3-10(9-16-11)14(20)19-7-1-2-13(19)12-5-6-17-18-12/h3-6,9,13H,1-2,7H2,(H,17,18)/t13-/m1/s1. The Balaban J connectivity index is 1.84. The van der Waals surface area contributed by atoms with Gasteiger partial charge >= 0.3 is 0 Å². The molecule has 1 fully saturated rings. The molecular weight excluding hydrogens is 254 g/mol. The minimum atomic E-state index is -0.0564. The minimum absolute atomic E-state index is 0.0423. The number of hydrogen-bond donors (Lipinski definition) is 1. The summed E-state index contributed by atoms with van der Waals surface area (Å²) in [7, 11) is 0. The molecule has 0 radical (unpaired) electrons. The largest absolute Gasteiger partial charge is 0.330 e. The number of rotatable bonds is 2. The van der Waals surface area contributed by atoms with Crippen molar-refractivity contribution in [2.45, 2.75) is 18.9 Å². The third kappa shape index (κ3) is 2.14. The molecule has 0 aliphatic carbocycles. The smallest absolute Gasteiger partial charge is 0.255 e. The van der Waals surface area contributed by atoms with Gasteiger partial charge < -0.3 is 4.90 Å². The SMILES string of the molecule is N#Cc1ccc(C(=O)N2CCC[C@@H]2c2ccn[nH]2)cn1. The van der Waals surface area contributed by atoms with E-state index in [4.69, 9.17) is 5.26 Å². The van der Waals surface area contributed by atoms with Crippen LogP contribution in [0.1, 0.15) is 40.6 Å². The molecule has 0 bridgehead atoms. The Labute approximate surface area is 116 Å². The number of nitrogens with zero attached hydrogens (tertiary/aromatic N) is 4. The van der Waals surface area contributed by atoms with Crippen LogP contribution in [0.2, 0.25) is 0 Å². The first kappa shape index (κ1) is 12.4. The summed E-state index contributed by atoms with van der Waals surface area (Å²) in [6.07, 6.45) is 5.06. The first-order valence-electron chi connectivity index (χ1n) is 6.46. The van der Waals surface area contributed by atoms with E-state index in [1.807, 2.05) is 17.0 Å². The van der Waals surface area contributed by atoms with Gasteiger partial charge in [0.2, 0.25) is 0 Å². The summed E-state index contributed by atoms with van der Waals surface area (Å²) in [5, 5.41) is 15.6. The zero-order valence-electron chi connectivity index (χ0n) is 10.8. The molecule has 1 amide bonds. The third-order valence-electron chi connectivity index (χ3n) is 3.52. The van der Waals surface area contributed by atoms with Crippen LogP contribution in [0.3, 0.4) is 0 Å². The summed E-state index contributed by atoms with van der Waals surface area (Å²) in [4.78, 5) is 18.3. The van der Waals surface area contributed by atoms with Crippen molar-refractivity contribution < 1.29 is 4.79 Å². The fourth-order valence-electron chi connectivity index (χ4n) is 2.54. The Bertz CT molecular complexity index is 641. The molecule has 0 saturated carbocycles. The van der Waals surface area contributed by atoms with Crippen molar-refractivity contribution in [3.63, 3.8) is 0 Å². The molecule has 0 spiro atoms. The number of aromatic amines is 1. The van der Waals surface area contributed by atoms with Gasteiger partial charge in [-0.15, -0.1) is 0 Å². The highest BCUT2D eigenvalue weighted by molar-refractivity contribution is 5.94. The molecule has 0 unspecified atom stereocenters. The van der Waals surface area contributed by atoms with Crippen LogP contribution in [0.5, 0.6) is 0 Å². The molecule has 1 aliphatic rings. The molecular formula is C14H13N5O. The van der Waals surface area contributed by atoms with Gasteiger partial charge in [-0.05, 0) is 31.0 Å². The molecule has 2 aromatic rings. The van der Waals surface area contributed by atoms with E-state index in [-0.39, 0.29) is 11.9 Å². The van der Waals surface area contributed by atoms with Crippen molar-refractivity contribution in [2.24, 2.45) is 0 Å². The quantitative estimate of drug-likeness (QED) is 0.896. The molecule has 0 aromatic carbocycles. The van der Waals surface area contributed by atoms with Crippen molar-refractivity contribution in [1.29, 1.82) is 5.26 Å². The lowest BCUT2D eigenvalue weighted by atomic mass is 10.1. The lowest BCUT2D eigenvalue weighted by Crippen LogP contribution is -2.30. The first-order valence-corrected chi connectivity index (χ1v) is 6.46. The van der Waals surface area contributed by atoms with E-state index in [2.05, 4.69) is 15.2 Å². The van der Waals surface area contributed by atoms with Crippen LogP contribution in [-0.4, -0.2) is 32.5 Å². The summed E-state index contributed by atoms with van der Waals surface area (Å²) in [5.41, 5.74) is 1.78. The van der Waals surface area contributed by atoms with Crippen LogP contribution in [0, 0.1) is 11.3 Å². The number of carbonyl (C=O) groups excluding carboxylic acids is 1. The molecule has 1 atom stereocenters. The number of likely N-dealkylation sites (tertiary alicyclic amines) is 1. The molecule has 2 aromatic heterocycles. The molecule has 3 heterocycles. The summed E-state index contributed by atoms with van der Waals surface area (Å²) >= 11 is 0. The Morgan fingerprint density at radius 2 is 2.35 bits per heavy atom. The van der Waals surface area contributed by atoms with E-state index < -0.39 is 0 Å². The number of pyridine rings is 1. The first-order chi connectivity index (χ1) is 9.79. The maximum absolute atomic E-state index is 12.5. The van der Waals surface area contributed by atoms with Gasteiger partial charge in [0, 0.05) is 18.9 Å². The van der Waals surface area contributed by atoms with Gasteiger partial charge in [0.25, 0.3) is 5.91 Å². The van der Waals surface area contributed by atoms with Crippen molar-refractivity contribution in [1.82, 2.24) is 20.1 Å². The second kappa shape index (κ2) is 5.13. The van der Waals surface area contributed by atoms with Crippen LogP contribution < -0.4 is 0 Å². The Hall–Kier alpha value is -2.68. The van der Waals surface area contributed by atoms with Gasteiger partial charge in [-0.2, -0.15) is 10.4 Å². The van der Waals surface area contributed by atoms with E-state index in [9.17, 15) is 4.79 Å². The molecule has 1 saturated heterocycles. The second-order valence-electron chi connectivity index (χ2n) is 4.71. The number of carbonyl (C=O) groups is 1. The van der Waals surface area contributed by atoms with E-state index >= 15 is 0 Å². The molecule has 1 N–H and O–H groups in total. The molecule has 1 aliphatic heterocycles. The number of amides is 1. The van der Waals surface area contributed by atoms with Crippen LogP contribution >= 0.6 is 0 Å². The highest BCUT2D eigenvalue weighted by atomic mass is 16.2. The second-order valence-corrected chi connectivity index (χ2v) is 4.71. The number of nitrogens with one attached hydrogen (secondary N) is 1. The van der Waals surface area contributed by atoms with Crippen molar-refractivity contribution in [3.05, 3.63) is 47.5 Å². The molecule has 6 nitrogen and oxygen atoms in total. The molecule has 100 valence electrons. The van der Waals surface area contributed by atoms with Crippen molar-refractivity contribution in [3.8, 4) is 6.07 Å². The lowest BCUT2D eigenvalue weighted by Gasteiger charge is -2.23. The highest BCUT2D eigenvalue weighted by Gasteiger charge is 2.31.